The number of aryl methyl sites for hydroxylation is 1. The molecule has 110 valence electrons. The Morgan fingerprint density at radius 3 is 2.60 bits per heavy atom. The molecule has 0 radical (unpaired) electrons. The van der Waals surface area contributed by atoms with Gasteiger partial charge in [-0.15, -0.1) is 0 Å². The number of aliphatic hydroxyl groups is 2. The van der Waals surface area contributed by atoms with Gasteiger partial charge in [0.1, 0.15) is 0 Å². The first-order chi connectivity index (χ1) is 9.38. The lowest BCUT2D eigenvalue weighted by atomic mass is 9.88. The molecule has 0 spiro atoms. The van der Waals surface area contributed by atoms with Crippen LogP contribution in [0.15, 0.2) is 27.9 Å². The van der Waals surface area contributed by atoms with Gasteiger partial charge in [0.05, 0.1) is 18.8 Å². The molecule has 20 heavy (non-hydrogen) atoms. The number of hydrogen-bond donors (Lipinski definition) is 2. The lowest BCUT2D eigenvalue weighted by Crippen LogP contribution is -2.46. The molecule has 6 nitrogen and oxygen atoms in total. The van der Waals surface area contributed by atoms with Crippen LogP contribution in [0.4, 0.5) is 4.39 Å². The Kier molecular flexibility index (Phi) is 3.92. The third kappa shape index (κ3) is 2.23. The summed E-state index contributed by atoms with van der Waals surface area (Å²) in [6.45, 7) is 1.16. The van der Waals surface area contributed by atoms with E-state index in [0.29, 0.717) is 5.56 Å². The minimum absolute atomic E-state index is 0.312. The van der Waals surface area contributed by atoms with E-state index in [-0.39, 0.29) is 6.61 Å². The van der Waals surface area contributed by atoms with Crippen LogP contribution in [0.5, 0.6) is 0 Å². The van der Waals surface area contributed by atoms with Crippen molar-refractivity contribution in [1.82, 2.24) is 9.13 Å². The number of hydrogen-bond acceptors (Lipinski definition) is 4. The molecule has 1 heterocycles. The van der Waals surface area contributed by atoms with Gasteiger partial charge in [0.15, 0.2) is 6.17 Å². The minimum atomic E-state index is -1.73. The molecule has 7 heteroatoms. The van der Waals surface area contributed by atoms with E-state index in [1.54, 1.807) is 0 Å². The van der Waals surface area contributed by atoms with E-state index >= 15 is 0 Å². The van der Waals surface area contributed by atoms with Crippen molar-refractivity contribution >= 4 is 0 Å². The molecule has 4 atom stereocenters. The fourth-order valence-electron chi connectivity index (χ4n) is 2.39. The third-order valence-corrected chi connectivity index (χ3v) is 3.66. The molecule has 2 rings (SSSR count). The summed E-state index contributed by atoms with van der Waals surface area (Å²) in [5.74, 6) is -0.689. The van der Waals surface area contributed by atoms with Gasteiger partial charge < -0.3 is 10.2 Å². The first-order valence-electron chi connectivity index (χ1n) is 6.28. The van der Waals surface area contributed by atoms with Crippen molar-refractivity contribution in [3.63, 3.8) is 0 Å². The van der Waals surface area contributed by atoms with Crippen LogP contribution in [0.1, 0.15) is 11.6 Å². The maximum Gasteiger partial charge on any atom is 0.331 e. The van der Waals surface area contributed by atoms with Gasteiger partial charge in [-0.2, -0.15) is 0 Å². The number of aromatic nitrogens is 2. The Morgan fingerprint density at radius 1 is 1.35 bits per heavy atom. The van der Waals surface area contributed by atoms with Crippen molar-refractivity contribution < 1.29 is 14.6 Å². The van der Waals surface area contributed by atoms with Crippen LogP contribution in [-0.4, -0.2) is 38.2 Å². The number of nitrogens with zero attached hydrogens (tertiary/aromatic N) is 2. The number of rotatable bonds is 2. The highest BCUT2D eigenvalue weighted by molar-refractivity contribution is 5.12. The second kappa shape index (κ2) is 5.34. The Balaban J connectivity index is 2.53. The second-order valence-corrected chi connectivity index (χ2v) is 5.02. The SMILES string of the molecule is Cc1cn(C2C=CC(CO)C(O)C2F)c(=O)n(C)c1=O. The van der Waals surface area contributed by atoms with Crippen molar-refractivity contribution in [1.29, 1.82) is 0 Å². The monoisotopic (exact) mass is 284 g/mol. The Morgan fingerprint density at radius 2 is 2.00 bits per heavy atom. The second-order valence-electron chi connectivity index (χ2n) is 5.02. The normalized spacial score (nSPS) is 29.6. The van der Waals surface area contributed by atoms with Gasteiger partial charge in [-0.3, -0.25) is 13.9 Å². The van der Waals surface area contributed by atoms with Crippen LogP contribution in [-0.2, 0) is 7.05 Å². The van der Waals surface area contributed by atoms with Crippen LogP contribution in [0.2, 0.25) is 0 Å². The van der Waals surface area contributed by atoms with Gasteiger partial charge in [-0.05, 0) is 6.92 Å². The van der Waals surface area contributed by atoms with Crippen molar-refractivity contribution in [2.24, 2.45) is 13.0 Å². The predicted molar refractivity (Wildman–Crippen MR) is 70.3 cm³/mol. The number of allylic oxidation sites excluding steroid dienone is 1. The zero-order chi connectivity index (χ0) is 15.0. The molecule has 2 N–H and O–H groups in total. The lowest BCUT2D eigenvalue weighted by molar-refractivity contribution is 0.000794. The molecule has 0 amide bonds. The topological polar surface area (TPSA) is 84.5 Å². The molecule has 0 aromatic carbocycles. The maximum absolute atomic E-state index is 14.2. The van der Waals surface area contributed by atoms with Crippen LogP contribution >= 0.6 is 0 Å². The molecule has 0 saturated heterocycles. The van der Waals surface area contributed by atoms with Gasteiger partial charge in [0, 0.05) is 24.7 Å². The van der Waals surface area contributed by atoms with Crippen molar-refractivity contribution in [2.45, 2.75) is 25.2 Å². The van der Waals surface area contributed by atoms with Crippen molar-refractivity contribution in [3.05, 3.63) is 44.8 Å². The molecule has 0 bridgehead atoms. The summed E-state index contributed by atoms with van der Waals surface area (Å²) in [5, 5.41) is 18.8. The number of halogens is 1. The van der Waals surface area contributed by atoms with Crippen LogP contribution in [0, 0.1) is 12.8 Å². The fraction of sp³-hybridized carbons (Fsp3) is 0.538. The van der Waals surface area contributed by atoms with Crippen LogP contribution in [0.3, 0.4) is 0 Å². The standard InChI is InChI=1S/C13H17FN2O4/c1-7-5-16(13(20)15(2)12(7)19)9-4-3-8(6-17)11(18)10(9)14/h3-5,8-11,17-18H,6H2,1-2H3. The highest BCUT2D eigenvalue weighted by Crippen LogP contribution is 2.28. The van der Waals surface area contributed by atoms with E-state index in [2.05, 4.69) is 0 Å². The summed E-state index contributed by atoms with van der Waals surface area (Å²) in [6.07, 6.45) is 1.09. The smallest absolute Gasteiger partial charge is 0.331 e. The predicted octanol–water partition coefficient (Wildman–Crippen LogP) is -0.726. The molecule has 4 unspecified atom stereocenters. The molecule has 0 aliphatic heterocycles. The zero-order valence-electron chi connectivity index (χ0n) is 11.2. The third-order valence-electron chi connectivity index (χ3n) is 3.66. The Hall–Kier alpha value is -1.73. The van der Waals surface area contributed by atoms with E-state index in [9.17, 15) is 19.1 Å². The molecule has 1 aromatic rings. The summed E-state index contributed by atoms with van der Waals surface area (Å²) in [5.41, 5.74) is -0.769. The molecular weight excluding hydrogens is 267 g/mol. The van der Waals surface area contributed by atoms with Crippen molar-refractivity contribution in [3.8, 4) is 0 Å². The Bertz CT molecular complexity index is 649. The van der Waals surface area contributed by atoms with Gasteiger partial charge in [0.2, 0.25) is 0 Å². The summed E-state index contributed by atoms with van der Waals surface area (Å²) in [6, 6.07) is -0.995. The molecule has 1 aliphatic rings. The largest absolute Gasteiger partial charge is 0.396 e. The number of aliphatic hydroxyl groups excluding tert-OH is 2. The van der Waals surface area contributed by atoms with E-state index in [1.807, 2.05) is 0 Å². The first-order valence-corrected chi connectivity index (χ1v) is 6.28. The molecule has 1 aliphatic carbocycles. The van der Waals surface area contributed by atoms with Gasteiger partial charge in [-0.1, -0.05) is 12.2 Å². The highest BCUT2D eigenvalue weighted by atomic mass is 19.1. The lowest BCUT2D eigenvalue weighted by Gasteiger charge is -2.32. The van der Waals surface area contributed by atoms with Crippen LogP contribution < -0.4 is 11.2 Å². The van der Waals surface area contributed by atoms with E-state index < -0.39 is 35.5 Å². The highest BCUT2D eigenvalue weighted by Gasteiger charge is 2.36. The molecule has 0 fully saturated rings. The molecule has 1 aromatic heterocycles. The molecule has 0 saturated carbocycles. The summed E-state index contributed by atoms with van der Waals surface area (Å²) in [4.78, 5) is 23.7. The average molecular weight is 284 g/mol. The Labute approximate surface area is 114 Å². The van der Waals surface area contributed by atoms with Gasteiger partial charge in [0.25, 0.3) is 5.56 Å². The fourth-order valence-corrected chi connectivity index (χ4v) is 2.39. The maximum atomic E-state index is 14.2. The summed E-state index contributed by atoms with van der Waals surface area (Å²) in [7, 11) is 1.32. The minimum Gasteiger partial charge on any atom is -0.396 e. The number of alkyl halides is 1. The van der Waals surface area contributed by atoms with E-state index in [1.165, 1.54) is 32.3 Å². The quantitative estimate of drug-likeness (QED) is 0.702. The van der Waals surface area contributed by atoms with Gasteiger partial charge >= 0.3 is 5.69 Å². The summed E-state index contributed by atoms with van der Waals surface area (Å²) < 4.78 is 16.2. The molecular formula is C13H17FN2O4. The first kappa shape index (κ1) is 14.7. The van der Waals surface area contributed by atoms with E-state index in [4.69, 9.17) is 5.11 Å². The zero-order valence-corrected chi connectivity index (χ0v) is 11.2. The van der Waals surface area contributed by atoms with Crippen LogP contribution in [0.25, 0.3) is 0 Å². The van der Waals surface area contributed by atoms with Gasteiger partial charge in [-0.25, -0.2) is 9.18 Å². The van der Waals surface area contributed by atoms with Crippen molar-refractivity contribution in [2.75, 3.05) is 6.61 Å². The van der Waals surface area contributed by atoms with E-state index in [0.717, 1.165) is 9.13 Å². The average Bonchev–Trinajstić information content (AvgIpc) is 2.44. The summed E-state index contributed by atoms with van der Waals surface area (Å²) >= 11 is 0.